The van der Waals surface area contributed by atoms with Crippen molar-refractivity contribution in [3.05, 3.63) is 47.7 Å². The predicted molar refractivity (Wildman–Crippen MR) is 72.6 cm³/mol. The van der Waals surface area contributed by atoms with Gasteiger partial charge in [0.1, 0.15) is 5.82 Å². The number of aryl methyl sites for hydroxylation is 2. The molecule has 0 unspecified atom stereocenters. The summed E-state index contributed by atoms with van der Waals surface area (Å²) >= 11 is 0. The lowest BCUT2D eigenvalue weighted by atomic mass is 10.1. The van der Waals surface area contributed by atoms with Crippen LogP contribution in [-0.4, -0.2) is 12.0 Å². The quantitative estimate of drug-likeness (QED) is 0.857. The smallest absolute Gasteiger partial charge is 0.147 e. The Hall–Kier alpha value is -2.03. The Morgan fingerprint density at radius 2 is 1.88 bits per heavy atom. The Balaban J connectivity index is 2.44. The number of nitrogens with zero attached hydrogens (tertiary/aromatic N) is 2. The number of hydrogen-bond donors (Lipinski definition) is 1. The van der Waals surface area contributed by atoms with E-state index in [9.17, 15) is 0 Å². The van der Waals surface area contributed by atoms with Crippen molar-refractivity contribution in [2.75, 3.05) is 17.7 Å². The van der Waals surface area contributed by atoms with Crippen LogP contribution in [0, 0.1) is 13.8 Å². The van der Waals surface area contributed by atoms with Gasteiger partial charge in [-0.2, -0.15) is 0 Å². The number of aromatic nitrogens is 1. The molecule has 0 radical (unpaired) electrons. The maximum absolute atomic E-state index is 5.89. The zero-order valence-electron chi connectivity index (χ0n) is 10.4. The molecule has 0 saturated heterocycles. The highest BCUT2D eigenvalue weighted by atomic mass is 15.1. The zero-order chi connectivity index (χ0) is 12.4. The standard InChI is InChI=1S/C14H17N3/c1-10-6-7-12(11(2)9-10)17(3)13-5-4-8-16-14(13)15/h4-9H,1-3H3,(H2,15,16). The molecule has 88 valence electrons. The molecule has 3 heteroatoms. The molecule has 0 saturated carbocycles. The van der Waals surface area contributed by atoms with Crippen LogP contribution in [-0.2, 0) is 0 Å². The Morgan fingerprint density at radius 1 is 1.12 bits per heavy atom. The van der Waals surface area contributed by atoms with Crippen LogP contribution < -0.4 is 10.6 Å². The molecule has 0 aliphatic rings. The number of benzene rings is 1. The topological polar surface area (TPSA) is 42.2 Å². The summed E-state index contributed by atoms with van der Waals surface area (Å²) in [6.45, 7) is 4.20. The highest BCUT2D eigenvalue weighted by Gasteiger charge is 2.09. The van der Waals surface area contributed by atoms with Crippen LogP contribution in [0.15, 0.2) is 36.5 Å². The molecule has 2 aromatic rings. The molecule has 1 aromatic heterocycles. The van der Waals surface area contributed by atoms with Gasteiger partial charge < -0.3 is 10.6 Å². The van der Waals surface area contributed by atoms with Gasteiger partial charge in [-0.15, -0.1) is 0 Å². The summed E-state index contributed by atoms with van der Waals surface area (Å²) in [4.78, 5) is 6.18. The van der Waals surface area contributed by atoms with Crippen LogP contribution in [0.1, 0.15) is 11.1 Å². The number of anilines is 3. The summed E-state index contributed by atoms with van der Waals surface area (Å²) in [5, 5.41) is 0. The summed E-state index contributed by atoms with van der Waals surface area (Å²) in [6, 6.07) is 10.2. The highest BCUT2D eigenvalue weighted by molar-refractivity contribution is 5.73. The minimum atomic E-state index is 0.551. The summed E-state index contributed by atoms with van der Waals surface area (Å²) in [6.07, 6.45) is 1.70. The van der Waals surface area contributed by atoms with Gasteiger partial charge in [-0.05, 0) is 37.6 Å². The minimum absolute atomic E-state index is 0.551. The lowest BCUT2D eigenvalue weighted by Crippen LogP contribution is -2.13. The van der Waals surface area contributed by atoms with Crippen molar-refractivity contribution < 1.29 is 0 Å². The van der Waals surface area contributed by atoms with E-state index in [1.165, 1.54) is 11.1 Å². The summed E-state index contributed by atoms with van der Waals surface area (Å²) < 4.78 is 0. The van der Waals surface area contributed by atoms with Gasteiger partial charge in [-0.25, -0.2) is 4.98 Å². The van der Waals surface area contributed by atoms with Gasteiger partial charge in [-0.1, -0.05) is 17.7 Å². The third-order valence-electron chi connectivity index (χ3n) is 2.89. The van der Waals surface area contributed by atoms with E-state index < -0.39 is 0 Å². The molecule has 0 spiro atoms. The van der Waals surface area contributed by atoms with E-state index in [-0.39, 0.29) is 0 Å². The molecule has 17 heavy (non-hydrogen) atoms. The van der Waals surface area contributed by atoms with Gasteiger partial charge in [0.15, 0.2) is 0 Å². The number of pyridine rings is 1. The highest BCUT2D eigenvalue weighted by Crippen LogP contribution is 2.29. The van der Waals surface area contributed by atoms with E-state index in [1.807, 2.05) is 19.2 Å². The molecular formula is C14H17N3. The van der Waals surface area contributed by atoms with Crippen molar-refractivity contribution in [1.82, 2.24) is 4.98 Å². The second-order valence-electron chi connectivity index (χ2n) is 4.26. The number of rotatable bonds is 2. The van der Waals surface area contributed by atoms with E-state index in [0.29, 0.717) is 5.82 Å². The van der Waals surface area contributed by atoms with Crippen LogP contribution in [0.2, 0.25) is 0 Å². The summed E-state index contributed by atoms with van der Waals surface area (Å²) in [7, 11) is 2.00. The van der Waals surface area contributed by atoms with Gasteiger partial charge in [0.05, 0.1) is 5.69 Å². The van der Waals surface area contributed by atoms with E-state index in [1.54, 1.807) is 6.20 Å². The minimum Gasteiger partial charge on any atom is -0.382 e. The number of nitrogens with two attached hydrogens (primary N) is 1. The van der Waals surface area contributed by atoms with Crippen LogP contribution in [0.3, 0.4) is 0 Å². The van der Waals surface area contributed by atoms with Crippen LogP contribution in [0.25, 0.3) is 0 Å². The first-order valence-corrected chi connectivity index (χ1v) is 5.61. The Labute approximate surface area is 102 Å². The van der Waals surface area contributed by atoms with Gasteiger partial charge >= 0.3 is 0 Å². The Bertz CT molecular complexity index is 535. The predicted octanol–water partition coefficient (Wildman–Crippen LogP) is 3.05. The fraction of sp³-hybridized carbons (Fsp3) is 0.214. The van der Waals surface area contributed by atoms with Crippen LogP contribution in [0.4, 0.5) is 17.2 Å². The average molecular weight is 227 g/mol. The molecule has 1 aromatic carbocycles. The number of nitrogen functional groups attached to an aromatic ring is 1. The first-order chi connectivity index (χ1) is 8.09. The first kappa shape index (κ1) is 11.5. The van der Waals surface area contributed by atoms with E-state index in [2.05, 4.69) is 41.9 Å². The Morgan fingerprint density at radius 3 is 2.53 bits per heavy atom. The largest absolute Gasteiger partial charge is 0.382 e. The molecular weight excluding hydrogens is 210 g/mol. The SMILES string of the molecule is Cc1ccc(N(C)c2cccnc2N)c(C)c1. The molecule has 0 fully saturated rings. The molecule has 0 bridgehead atoms. The molecule has 3 nitrogen and oxygen atoms in total. The van der Waals surface area contributed by atoms with Crippen LogP contribution in [0.5, 0.6) is 0 Å². The Kier molecular flexibility index (Phi) is 3.00. The summed E-state index contributed by atoms with van der Waals surface area (Å²) in [5.41, 5.74) is 10.5. The second kappa shape index (κ2) is 4.45. The molecule has 0 amide bonds. The van der Waals surface area contributed by atoms with Crippen molar-refractivity contribution in [3.63, 3.8) is 0 Å². The normalized spacial score (nSPS) is 10.3. The summed E-state index contributed by atoms with van der Waals surface area (Å²) in [5.74, 6) is 0.551. The fourth-order valence-corrected chi connectivity index (χ4v) is 2.00. The molecule has 1 heterocycles. The van der Waals surface area contributed by atoms with E-state index >= 15 is 0 Å². The van der Waals surface area contributed by atoms with Crippen LogP contribution >= 0.6 is 0 Å². The lowest BCUT2D eigenvalue weighted by molar-refractivity contribution is 1.16. The van der Waals surface area contributed by atoms with E-state index in [4.69, 9.17) is 5.73 Å². The van der Waals surface area contributed by atoms with Gasteiger partial charge in [0.25, 0.3) is 0 Å². The molecule has 0 aliphatic heterocycles. The van der Waals surface area contributed by atoms with Crippen molar-refractivity contribution in [1.29, 1.82) is 0 Å². The maximum Gasteiger partial charge on any atom is 0.147 e. The van der Waals surface area contributed by atoms with Crippen molar-refractivity contribution in [2.45, 2.75) is 13.8 Å². The van der Waals surface area contributed by atoms with Gasteiger partial charge in [0, 0.05) is 18.9 Å². The van der Waals surface area contributed by atoms with Gasteiger partial charge in [0.2, 0.25) is 0 Å². The first-order valence-electron chi connectivity index (χ1n) is 5.61. The zero-order valence-corrected chi connectivity index (χ0v) is 10.4. The molecule has 0 aliphatic carbocycles. The second-order valence-corrected chi connectivity index (χ2v) is 4.26. The maximum atomic E-state index is 5.89. The lowest BCUT2D eigenvalue weighted by Gasteiger charge is -2.22. The van der Waals surface area contributed by atoms with E-state index in [0.717, 1.165) is 11.4 Å². The molecule has 2 N–H and O–H groups in total. The van der Waals surface area contributed by atoms with Crippen molar-refractivity contribution in [2.24, 2.45) is 0 Å². The molecule has 2 rings (SSSR count). The van der Waals surface area contributed by atoms with Crippen molar-refractivity contribution in [3.8, 4) is 0 Å². The van der Waals surface area contributed by atoms with Crippen molar-refractivity contribution >= 4 is 17.2 Å². The third kappa shape index (κ3) is 2.23. The molecule has 0 atom stereocenters. The fourth-order valence-electron chi connectivity index (χ4n) is 2.00. The number of hydrogen-bond acceptors (Lipinski definition) is 3. The third-order valence-corrected chi connectivity index (χ3v) is 2.89. The monoisotopic (exact) mass is 227 g/mol. The van der Waals surface area contributed by atoms with Gasteiger partial charge in [-0.3, -0.25) is 0 Å². The average Bonchev–Trinajstić information content (AvgIpc) is 2.29.